The van der Waals surface area contributed by atoms with E-state index in [4.69, 9.17) is 5.11 Å². The van der Waals surface area contributed by atoms with Gasteiger partial charge < -0.3 is 5.11 Å². The topological polar surface area (TPSA) is 77.9 Å². The Morgan fingerprint density at radius 3 is 2.57 bits per heavy atom. The summed E-state index contributed by atoms with van der Waals surface area (Å²) in [7, 11) is -3.55. The van der Waals surface area contributed by atoms with Crippen LogP contribution in [0.3, 0.4) is 0 Å². The number of carbonyl (C=O) groups is 1. The summed E-state index contributed by atoms with van der Waals surface area (Å²) in [6.45, 7) is 2.94. The highest BCUT2D eigenvalue weighted by atomic mass is 32.2. The predicted molar refractivity (Wildman–Crippen MR) is 86.0 cm³/mol. The van der Waals surface area contributed by atoms with E-state index in [1.165, 1.54) is 14.2 Å². The maximum Gasteiger partial charge on any atom is 0.306 e. The summed E-state index contributed by atoms with van der Waals surface area (Å²) in [6, 6.07) is 7.63. The molecule has 3 rings (SSSR count). The Kier molecular flexibility index (Phi) is 4.44. The third-order valence-electron chi connectivity index (χ3n) is 4.88. The van der Waals surface area contributed by atoms with E-state index in [9.17, 15) is 13.2 Å². The summed E-state index contributed by atoms with van der Waals surface area (Å²) in [6.07, 6.45) is 1.47. The minimum absolute atomic E-state index is 0.276. The van der Waals surface area contributed by atoms with Gasteiger partial charge in [-0.05, 0) is 37.3 Å². The first-order valence-corrected chi connectivity index (χ1v) is 9.36. The second kappa shape index (κ2) is 6.22. The van der Waals surface area contributed by atoms with Crippen LogP contribution in [-0.4, -0.2) is 47.2 Å². The lowest BCUT2D eigenvalue weighted by molar-refractivity contribution is -0.143. The van der Waals surface area contributed by atoms with Crippen LogP contribution >= 0.6 is 0 Å². The summed E-state index contributed by atoms with van der Waals surface area (Å²) < 4.78 is 28.9. The van der Waals surface area contributed by atoms with Crippen LogP contribution in [0.4, 0.5) is 0 Å². The van der Waals surface area contributed by atoms with E-state index in [1.54, 1.807) is 6.92 Å². The summed E-state index contributed by atoms with van der Waals surface area (Å²) >= 11 is 0. The van der Waals surface area contributed by atoms with Crippen LogP contribution in [-0.2, 0) is 28.0 Å². The minimum atomic E-state index is -3.55. The molecule has 0 aromatic heterocycles. The van der Waals surface area contributed by atoms with Gasteiger partial charge in [0.15, 0.2) is 0 Å². The number of piperidine rings is 1. The maximum atomic E-state index is 12.9. The molecular formula is C16H22N2O4S. The van der Waals surface area contributed by atoms with Gasteiger partial charge in [0, 0.05) is 25.7 Å². The maximum absolute atomic E-state index is 12.9. The monoisotopic (exact) mass is 338 g/mol. The Hall–Kier alpha value is -1.44. The Morgan fingerprint density at radius 2 is 1.91 bits per heavy atom. The molecule has 2 heterocycles. The Bertz CT molecular complexity index is 704. The molecule has 0 aliphatic carbocycles. The molecule has 7 heteroatoms. The number of benzene rings is 1. The van der Waals surface area contributed by atoms with E-state index >= 15 is 0 Å². The van der Waals surface area contributed by atoms with E-state index in [0.717, 1.165) is 12.0 Å². The van der Waals surface area contributed by atoms with Crippen molar-refractivity contribution < 1.29 is 18.3 Å². The lowest BCUT2D eigenvalue weighted by Gasteiger charge is -2.39. The quantitative estimate of drug-likeness (QED) is 0.905. The van der Waals surface area contributed by atoms with Crippen LogP contribution in [0.5, 0.6) is 0 Å². The van der Waals surface area contributed by atoms with Gasteiger partial charge in [0.05, 0.1) is 5.92 Å². The van der Waals surface area contributed by atoms with Crippen LogP contribution in [0, 0.1) is 5.92 Å². The molecule has 0 amide bonds. The predicted octanol–water partition coefficient (Wildman–Crippen LogP) is 1.47. The van der Waals surface area contributed by atoms with Crippen molar-refractivity contribution in [3.8, 4) is 0 Å². The molecule has 0 bridgehead atoms. The Labute approximate surface area is 136 Å². The van der Waals surface area contributed by atoms with E-state index in [1.807, 2.05) is 24.3 Å². The third-order valence-corrected chi connectivity index (χ3v) is 6.98. The largest absolute Gasteiger partial charge is 0.481 e. The fourth-order valence-corrected chi connectivity index (χ4v) is 5.33. The molecule has 0 unspecified atom stereocenters. The fraction of sp³-hybridized carbons (Fsp3) is 0.562. The molecule has 1 aromatic carbocycles. The van der Waals surface area contributed by atoms with Gasteiger partial charge in [0.1, 0.15) is 0 Å². The van der Waals surface area contributed by atoms with Gasteiger partial charge in [0.25, 0.3) is 10.2 Å². The van der Waals surface area contributed by atoms with Crippen LogP contribution < -0.4 is 0 Å². The lowest BCUT2D eigenvalue weighted by atomic mass is 9.93. The van der Waals surface area contributed by atoms with Gasteiger partial charge in [-0.3, -0.25) is 4.79 Å². The van der Waals surface area contributed by atoms with Crippen molar-refractivity contribution in [2.75, 3.05) is 13.1 Å². The average molecular weight is 338 g/mol. The van der Waals surface area contributed by atoms with Crippen LogP contribution in [0.1, 0.15) is 30.9 Å². The van der Waals surface area contributed by atoms with Crippen molar-refractivity contribution in [3.63, 3.8) is 0 Å². The molecule has 126 valence electrons. The second-order valence-electron chi connectivity index (χ2n) is 6.38. The molecule has 0 radical (unpaired) electrons. The third kappa shape index (κ3) is 3.13. The smallest absolute Gasteiger partial charge is 0.306 e. The van der Waals surface area contributed by atoms with E-state index in [-0.39, 0.29) is 12.6 Å². The fourth-order valence-electron chi connectivity index (χ4n) is 3.53. The van der Waals surface area contributed by atoms with Crippen molar-refractivity contribution in [3.05, 3.63) is 35.4 Å². The molecule has 0 saturated carbocycles. The number of rotatable bonds is 3. The van der Waals surface area contributed by atoms with Crippen LogP contribution in [0.2, 0.25) is 0 Å². The molecule has 0 spiro atoms. The first-order chi connectivity index (χ1) is 10.9. The minimum Gasteiger partial charge on any atom is -0.481 e. The van der Waals surface area contributed by atoms with Crippen molar-refractivity contribution in [2.45, 2.75) is 38.8 Å². The van der Waals surface area contributed by atoms with Crippen molar-refractivity contribution in [2.24, 2.45) is 5.92 Å². The van der Waals surface area contributed by atoms with Crippen molar-refractivity contribution >= 4 is 16.2 Å². The molecule has 1 aromatic rings. The first kappa shape index (κ1) is 16.4. The van der Waals surface area contributed by atoms with Gasteiger partial charge in [-0.15, -0.1) is 0 Å². The molecule has 2 aliphatic rings. The average Bonchev–Trinajstić information content (AvgIpc) is 2.54. The van der Waals surface area contributed by atoms with Crippen LogP contribution in [0.15, 0.2) is 24.3 Å². The standard InChI is InChI=1S/C16H22N2O4S/c1-12-10-14(16(19)20)7-9-18(12)23(21,22)17-8-6-13-4-2-3-5-15(13)11-17/h2-5,12,14H,6-11H2,1H3,(H,19,20)/t12-,14-/m1/s1. The highest BCUT2D eigenvalue weighted by Gasteiger charge is 2.39. The summed E-state index contributed by atoms with van der Waals surface area (Å²) in [5.74, 6) is -1.28. The molecule has 6 nitrogen and oxygen atoms in total. The zero-order valence-electron chi connectivity index (χ0n) is 13.2. The summed E-state index contributed by atoms with van der Waals surface area (Å²) in [5.41, 5.74) is 2.26. The van der Waals surface area contributed by atoms with Gasteiger partial charge in [0.2, 0.25) is 0 Å². The van der Waals surface area contributed by atoms with Gasteiger partial charge in [-0.25, -0.2) is 0 Å². The number of carboxylic acid groups (broad SMARTS) is 1. The Morgan fingerprint density at radius 1 is 1.22 bits per heavy atom. The molecule has 1 fully saturated rings. The number of nitrogens with zero attached hydrogens (tertiary/aromatic N) is 2. The highest BCUT2D eigenvalue weighted by molar-refractivity contribution is 7.86. The van der Waals surface area contributed by atoms with Crippen molar-refractivity contribution in [1.82, 2.24) is 8.61 Å². The zero-order chi connectivity index (χ0) is 16.6. The van der Waals surface area contributed by atoms with Crippen molar-refractivity contribution in [1.29, 1.82) is 0 Å². The van der Waals surface area contributed by atoms with Gasteiger partial charge in [-0.2, -0.15) is 17.0 Å². The van der Waals surface area contributed by atoms with E-state index in [2.05, 4.69) is 0 Å². The number of hydrogen-bond donors (Lipinski definition) is 1. The number of carboxylic acids is 1. The molecular weight excluding hydrogens is 316 g/mol. The lowest BCUT2D eigenvalue weighted by Crippen LogP contribution is -2.52. The molecule has 2 aliphatic heterocycles. The molecule has 1 N–H and O–H groups in total. The number of hydrogen-bond acceptors (Lipinski definition) is 3. The zero-order valence-corrected chi connectivity index (χ0v) is 14.0. The molecule has 23 heavy (non-hydrogen) atoms. The second-order valence-corrected chi connectivity index (χ2v) is 8.26. The summed E-state index contributed by atoms with van der Waals surface area (Å²) in [5, 5.41) is 9.12. The number of fused-ring (bicyclic) bond motifs is 1. The number of aliphatic carboxylic acids is 1. The molecule has 1 saturated heterocycles. The SMILES string of the molecule is C[C@@H]1C[C@H](C(=O)O)CCN1S(=O)(=O)N1CCc2ccccc2C1. The highest BCUT2D eigenvalue weighted by Crippen LogP contribution is 2.29. The Balaban J connectivity index is 1.76. The van der Waals surface area contributed by atoms with Gasteiger partial charge in [-0.1, -0.05) is 24.3 Å². The van der Waals surface area contributed by atoms with E-state index in [0.29, 0.717) is 25.9 Å². The summed E-state index contributed by atoms with van der Waals surface area (Å²) in [4.78, 5) is 11.1. The van der Waals surface area contributed by atoms with Gasteiger partial charge >= 0.3 is 5.97 Å². The first-order valence-electron chi connectivity index (χ1n) is 7.96. The van der Waals surface area contributed by atoms with E-state index < -0.39 is 22.1 Å². The van der Waals surface area contributed by atoms with Crippen LogP contribution in [0.25, 0.3) is 0 Å². The molecule has 2 atom stereocenters. The normalized spacial score (nSPS) is 26.7.